The normalized spacial score (nSPS) is 17.0. The molecule has 10 heteroatoms. The largest absolute Gasteiger partial charge is 0.423 e. The number of ether oxygens (including phenoxy) is 4. The van der Waals surface area contributed by atoms with Crippen LogP contribution < -0.4 is 9.47 Å². The Hall–Kier alpha value is -5.90. The Balaban J connectivity index is 1.18. The lowest BCUT2D eigenvalue weighted by Gasteiger charge is -2.37. The predicted octanol–water partition coefficient (Wildman–Crippen LogP) is 8.95. The summed E-state index contributed by atoms with van der Waals surface area (Å²) < 4.78 is 21.0. The third-order valence-corrected chi connectivity index (χ3v) is 10.8. The van der Waals surface area contributed by atoms with E-state index in [9.17, 15) is 28.8 Å². The van der Waals surface area contributed by atoms with Crippen molar-refractivity contribution in [1.82, 2.24) is 0 Å². The molecule has 4 aromatic rings. The second kappa shape index (κ2) is 15.2. The summed E-state index contributed by atoms with van der Waals surface area (Å²) in [6.07, 6.45) is 12.2. The van der Waals surface area contributed by atoms with Crippen molar-refractivity contribution < 1.29 is 47.7 Å². The van der Waals surface area contributed by atoms with E-state index in [0.717, 1.165) is 60.8 Å². The smallest absolute Gasteiger partial charge is 0.346 e. The van der Waals surface area contributed by atoms with Gasteiger partial charge in [-0.25, -0.2) is 28.8 Å². The van der Waals surface area contributed by atoms with Crippen molar-refractivity contribution in [3.63, 3.8) is 0 Å². The van der Waals surface area contributed by atoms with E-state index in [0.29, 0.717) is 11.5 Å². The van der Waals surface area contributed by atoms with Gasteiger partial charge in [0.05, 0.1) is 33.4 Å². The lowest BCUT2D eigenvalue weighted by molar-refractivity contribution is 0.0425. The van der Waals surface area contributed by atoms with Crippen molar-refractivity contribution in [2.45, 2.75) is 89.9 Å². The number of hydrogen-bond acceptors (Lipinski definition) is 10. The van der Waals surface area contributed by atoms with Crippen LogP contribution in [0.1, 0.15) is 155 Å². The van der Waals surface area contributed by atoms with Crippen LogP contribution in [0, 0.1) is 13.8 Å². The van der Waals surface area contributed by atoms with Crippen molar-refractivity contribution in [3.05, 3.63) is 128 Å². The first-order chi connectivity index (χ1) is 26.0. The van der Waals surface area contributed by atoms with Gasteiger partial charge in [0.1, 0.15) is 11.5 Å². The summed E-state index contributed by atoms with van der Waals surface area (Å²) in [7, 11) is 0. The molecule has 0 radical (unpaired) electrons. The van der Waals surface area contributed by atoms with E-state index in [4.69, 9.17) is 9.47 Å². The Labute approximate surface area is 312 Å². The summed E-state index contributed by atoms with van der Waals surface area (Å²) in [4.78, 5) is 74.3. The third kappa shape index (κ3) is 7.20. The molecule has 4 aromatic carbocycles. The Morgan fingerprint density at radius 2 is 0.852 bits per heavy atom. The zero-order valence-corrected chi connectivity index (χ0v) is 30.3. The number of benzene rings is 4. The molecule has 1 fully saturated rings. The highest BCUT2D eigenvalue weighted by atomic mass is 16.6. The van der Waals surface area contributed by atoms with Crippen molar-refractivity contribution in [2.24, 2.45) is 0 Å². The first-order valence-electron chi connectivity index (χ1n) is 18.5. The maximum Gasteiger partial charge on any atom is 0.346 e. The molecule has 0 aromatic heterocycles. The topological polar surface area (TPSA) is 139 Å². The van der Waals surface area contributed by atoms with Crippen LogP contribution in [0.25, 0.3) is 0 Å². The summed E-state index contributed by atoms with van der Waals surface area (Å²) in [5, 5.41) is 0. The number of carbonyl (C=O) groups excluding carboxylic acids is 6. The van der Waals surface area contributed by atoms with Gasteiger partial charge in [0.2, 0.25) is 0 Å². The van der Waals surface area contributed by atoms with Gasteiger partial charge in [-0.05, 0) is 97.5 Å². The standard InChI is InChI=1S/C44H40O10/c1-26-22-30(14-18-36(26)51-38(45)28-12-16-32-34(24-28)42(49)53-40(32)47)44(20-10-8-6-4-3-5-7-9-11-21-44)31-15-19-37(27(2)23-31)52-39(46)29-13-17-33-35(25-29)43(50)54-41(33)48/h12-19,22-25H,3-11,20-21H2,1-2H3. The Bertz CT molecular complexity index is 2060. The van der Waals surface area contributed by atoms with Crippen LogP contribution in [-0.4, -0.2) is 35.8 Å². The minimum absolute atomic E-state index is 0.0366. The summed E-state index contributed by atoms with van der Waals surface area (Å²) in [6.45, 7) is 3.80. The van der Waals surface area contributed by atoms with Gasteiger partial charge in [-0.2, -0.15) is 0 Å². The van der Waals surface area contributed by atoms with E-state index in [1.165, 1.54) is 68.5 Å². The van der Waals surface area contributed by atoms with Gasteiger partial charge in [0, 0.05) is 5.41 Å². The first kappa shape index (κ1) is 36.5. The summed E-state index contributed by atoms with van der Waals surface area (Å²) in [5.41, 5.74) is 3.92. The van der Waals surface area contributed by atoms with Crippen LogP contribution in [-0.2, 0) is 14.9 Å². The Morgan fingerprint density at radius 1 is 0.481 bits per heavy atom. The van der Waals surface area contributed by atoms with Gasteiger partial charge in [-0.3, -0.25) is 0 Å². The molecular weight excluding hydrogens is 688 g/mol. The predicted molar refractivity (Wildman–Crippen MR) is 196 cm³/mol. The fraction of sp³-hybridized carbons (Fsp3) is 0.318. The third-order valence-electron chi connectivity index (χ3n) is 10.8. The molecule has 0 saturated heterocycles. The zero-order chi connectivity index (χ0) is 38.0. The molecule has 1 aliphatic carbocycles. The summed E-state index contributed by atoms with van der Waals surface area (Å²) in [5.74, 6) is -3.61. The molecule has 1 saturated carbocycles. The lowest BCUT2D eigenvalue weighted by atomic mass is 9.67. The zero-order valence-electron chi connectivity index (χ0n) is 30.3. The second-order valence-electron chi connectivity index (χ2n) is 14.4. The van der Waals surface area contributed by atoms with Crippen molar-refractivity contribution in [3.8, 4) is 11.5 Å². The number of aryl methyl sites for hydroxylation is 2. The number of cyclic esters (lactones) is 4. The molecule has 2 heterocycles. The van der Waals surface area contributed by atoms with Gasteiger partial charge in [0.15, 0.2) is 0 Å². The number of fused-ring (bicyclic) bond motifs is 2. The van der Waals surface area contributed by atoms with E-state index in [2.05, 4.69) is 21.6 Å². The van der Waals surface area contributed by atoms with Gasteiger partial charge in [-0.1, -0.05) is 82.1 Å². The molecule has 0 bridgehead atoms. The van der Waals surface area contributed by atoms with E-state index in [-0.39, 0.29) is 38.8 Å². The summed E-state index contributed by atoms with van der Waals surface area (Å²) >= 11 is 0. The Morgan fingerprint density at radius 3 is 1.24 bits per heavy atom. The number of rotatable bonds is 6. The average Bonchev–Trinajstić information content (AvgIpc) is 3.61. The van der Waals surface area contributed by atoms with Crippen LogP contribution in [0.4, 0.5) is 0 Å². The monoisotopic (exact) mass is 728 g/mol. The molecule has 0 unspecified atom stereocenters. The highest BCUT2D eigenvalue weighted by Crippen LogP contribution is 2.45. The van der Waals surface area contributed by atoms with Gasteiger partial charge >= 0.3 is 35.8 Å². The van der Waals surface area contributed by atoms with Crippen molar-refractivity contribution in [2.75, 3.05) is 0 Å². The SMILES string of the molecule is Cc1cc(C2(c3ccc(OC(=O)c4ccc5c(c4)C(=O)OC5=O)c(C)c3)CCCCCCCCCCC2)ccc1OC(=O)c1ccc2c(c1)C(=O)OC2=O. The minimum Gasteiger partial charge on any atom is -0.423 e. The van der Waals surface area contributed by atoms with Crippen LogP contribution in [0.3, 0.4) is 0 Å². The van der Waals surface area contributed by atoms with Crippen molar-refractivity contribution in [1.29, 1.82) is 0 Å². The molecule has 0 amide bonds. The fourth-order valence-electron chi connectivity index (χ4n) is 7.83. The van der Waals surface area contributed by atoms with Crippen LogP contribution in [0.5, 0.6) is 11.5 Å². The average molecular weight is 729 g/mol. The molecule has 0 N–H and O–H groups in total. The fourth-order valence-corrected chi connectivity index (χ4v) is 7.83. The Kier molecular flexibility index (Phi) is 10.3. The molecule has 10 nitrogen and oxygen atoms in total. The van der Waals surface area contributed by atoms with Gasteiger partial charge in [0.25, 0.3) is 0 Å². The number of hydrogen-bond donors (Lipinski definition) is 0. The molecule has 276 valence electrons. The van der Waals surface area contributed by atoms with Crippen LogP contribution >= 0.6 is 0 Å². The minimum atomic E-state index is -0.792. The number of carbonyl (C=O) groups is 6. The number of esters is 6. The highest BCUT2D eigenvalue weighted by molar-refractivity contribution is 6.16. The van der Waals surface area contributed by atoms with Crippen LogP contribution in [0.2, 0.25) is 0 Å². The molecular formula is C44H40O10. The molecule has 7 rings (SSSR count). The van der Waals surface area contributed by atoms with E-state index in [1.54, 1.807) is 0 Å². The maximum atomic E-state index is 13.2. The summed E-state index contributed by atoms with van der Waals surface area (Å²) in [6, 6.07) is 20.1. The highest BCUT2D eigenvalue weighted by Gasteiger charge is 2.36. The first-order valence-corrected chi connectivity index (χ1v) is 18.5. The maximum absolute atomic E-state index is 13.2. The lowest BCUT2D eigenvalue weighted by Crippen LogP contribution is -2.29. The van der Waals surface area contributed by atoms with E-state index in [1.807, 2.05) is 38.1 Å². The molecule has 3 aliphatic rings. The van der Waals surface area contributed by atoms with E-state index >= 15 is 0 Å². The quantitative estimate of drug-likeness (QED) is 0.107. The second-order valence-corrected chi connectivity index (χ2v) is 14.4. The van der Waals surface area contributed by atoms with Gasteiger partial charge < -0.3 is 18.9 Å². The van der Waals surface area contributed by atoms with Crippen molar-refractivity contribution >= 4 is 35.8 Å². The molecule has 0 spiro atoms. The van der Waals surface area contributed by atoms with Crippen LogP contribution in [0.15, 0.2) is 72.8 Å². The van der Waals surface area contributed by atoms with E-state index < -0.39 is 35.8 Å². The molecule has 2 aliphatic heterocycles. The molecule has 0 atom stereocenters. The molecule has 54 heavy (non-hydrogen) atoms. The van der Waals surface area contributed by atoms with Gasteiger partial charge in [-0.15, -0.1) is 0 Å².